The van der Waals surface area contributed by atoms with E-state index >= 15 is 0 Å². The Morgan fingerprint density at radius 2 is 2.07 bits per heavy atom. The second-order valence-corrected chi connectivity index (χ2v) is 3.26. The Morgan fingerprint density at radius 1 is 1.40 bits per heavy atom. The van der Waals surface area contributed by atoms with Crippen molar-refractivity contribution in [2.45, 2.75) is 26.4 Å². The number of ether oxygens (including phenoxy) is 2. The Bertz CT molecular complexity index is 333. The molecular formula is C12H16O3. The van der Waals surface area contributed by atoms with Gasteiger partial charge in [-0.1, -0.05) is 13.0 Å². The van der Waals surface area contributed by atoms with E-state index in [1.807, 2.05) is 25.1 Å². The molecule has 0 aromatic heterocycles. The van der Waals surface area contributed by atoms with Crippen molar-refractivity contribution in [2.24, 2.45) is 0 Å². The number of carbonyl (C=O) groups is 1. The first-order valence-electron chi connectivity index (χ1n) is 5.00. The van der Waals surface area contributed by atoms with Crippen LogP contribution in [-0.4, -0.2) is 19.0 Å². The van der Waals surface area contributed by atoms with Gasteiger partial charge in [-0.2, -0.15) is 0 Å². The van der Waals surface area contributed by atoms with Crippen LogP contribution in [0, 0.1) is 0 Å². The summed E-state index contributed by atoms with van der Waals surface area (Å²) in [6, 6.07) is 7.23. The molecule has 1 rings (SSSR count). The van der Waals surface area contributed by atoms with Crippen molar-refractivity contribution in [1.82, 2.24) is 0 Å². The Kier molecular flexibility index (Phi) is 4.16. The van der Waals surface area contributed by atoms with Crippen molar-refractivity contribution in [2.75, 3.05) is 7.11 Å². The average Bonchev–Trinajstić information content (AvgIpc) is 2.28. The zero-order valence-electron chi connectivity index (χ0n) is 9.32. The maximum Gasteiger partial charge on any atom is 0.172 e. The molecule has 1 aromatic carbocycles. The third-order valence-electron chi connectivity index (χ3n) is 2.16. The second-order valence-electron chi connectivity index (χ2n) is 3.26. The number of hydrogen-bond acceptors (Lipinski definition) is 3. The Hall–Kier alpha value is -1.51. The molecule has 0 aliphatic carbocycles. The first-order chi connectivity index (χ1) is 7.17. The summed E-state index contributed by atoms with van der Waals surface area (Å²) in [4.78, 5) is 11.3. The highest BCUT2D eigenvalue weighted by molar-refractivity contribution is 5.82. The van der Waals surface area contributed by atoms with Crippen molar-refractivity contribution in [3.8, 4) is 11.5 Å². The van der Waals surface area contributed by atoms with E-state index in [2.05, 4.69) is 0 Å². The van der Waals surface area contributed by atoms with E-state index in [-0.39, 0.29) is 5.78 Å². The molecule has 1 atom stereocenters. The maximum absolute atomic E-state index is 11.3. The minimum absolute atomic E-state index is 0.0952. The smallest absolute Gasteiger partial charge is 0.172 e. The van der Waals surface area contributed by atoms with Crippen LogP contribution in [0.1, 0.15) is 20.3 Å². The van der Waals surface area contributed by atoms with E-state index in [0.717, 1.165) is 5.75 Å². The summed E-state index contributed by atoms with van der Waals surface area (Å²) in [7, 11) is 1.60. The average molecular weight is 208 g/mol. The van der Waals surface area contributed by atoms with Crippen molar-refractivity contribution in [3.63, 3.8) is 0 Å². The predicted molar refractivity (Wildman–Crippen MR) is 58.4 cm³/mol. The largest absolute Gasteiger partial charge is 0.497 e. The van der Waals surface area contributed by atoms with Crippen LogP contribution in [0.25, 0.3) is 0 Å². The zero-order valence-corrected chi connectivity index (χ0v) is 9.32. The van der Waals surface area contributed by atoms with Crippen molar-refractivity contribution in [3.05, 3.63) is 24.3 Å². The summed E-state index contributed by atoms with van der Waals surface area (Å²) in [5.74, 6) is 1.48. The number of rotatable bonds is 5. The molecule has 0 aliphatic rings. The second kappa shape index (κ2) is 5.39. The maximum atomic E-state index is 11.3. The lowest BCUT2D eigenvalue weighted by atomic mass is 10.2. The summed E-state index contributed by atoms with van der Waals surface area (Å²) in [5, 5.41) is 0. The summed E-state index contributed by atoms with van der Waals surface area (Å²) in [5.41, 5.74) is 0. The Labute approximate surface area is 90.0 Å². The summed E-state index contributed by atoms with van der Waals surface area (Å²) < 4.78 is 10.5. The molecule has 0 spiro atoms. The van der Waals surface area contributed by atoms with Gasteiger partial charge in [0.2, 0.25) is 0 Å². The van der Waals surface area contributed by atoms with Gasteiger partial charge in [0.25, 0.3) is 0 Å². The van der Waals surface area contributed by atoms with E-state index in [0.29, 0.717) is 12.2 Å². The van der Waals surface area contributed by atoms with Gasteiger partial charge in [0.05, 0.1) is 7.11 Å². The molecular weight excluding hydrogens is 192 g/mol. The van der Waals surface area contributed by atoms with E-state index < -0.39 is 6.10 Å². The Balaban J connectivity index is 2.67. The van der Waals surface area contributed by atoms with Crippen molar-refractivity contribution in [1.29, 1.82) is 0 Å². The molecule has 0 saturated carbocycles. The van der Waals surface area contributed by atoms with Crippen LogP contribution in [-0.2, 0) is 4.79 Å². The summed E-state index contributed by atoms with van der Waals surface area (Å²) >= 11 is 0. The van der Waals surface area contributed by atoms with Gasteiger partial charge in [-0.3, -0.25) is 4.79 Å². The fourth-order valence-electron chi connectivity index (χ4n) is 1.23. The molecule has 82 valence electrons. The SMILES string of the molecule is CCC(=O)C(C)Oc1cccc(OC)c1. The lowest BCUT2D eigenvalue weighted by molar-refractivity contribution is -0.124. The highest BCUT2D eigenvalue weighted by atomic mass is 16.5. The summed E-state index contributed by atoms with van der Waals surface area (Å²) in [6.45, 7) is 3.58. The van der Waals surface area contributed by atoms with Crippen molar-refractivity contribution < 1.29 is 14.3 Å². The molecule has 15 heavy (non-hydrogen) atoms. The van der Waals surface area contributed by atoms with Gasteiger partial charge >= 0.3 is 0 Å². The number of methoxy groups -OCH3 is 1. The van der Waals surface area contributed by atoms with Crippen LogP contribution >= 0.6 is 0 Å². The fraction of sp³-hybridized carbons (Fsp3) is 0.417. The standard InChI is InChI=1S/C12H16O3/c1-4-12(13)9(2)15-11-7-5-6-10(8-11)14-3/h5-9H,4H2,1-3H3. The number of benzene rings is 1. The summed E-state index contributed by atoms with van der Waals surface area (Å²) in [6.07, 6.45) is 0.0904. The third-order valence-corrected chi connectivity index (χ3v) is 2.16. The van der Waals surface area contributed by atoms with E-state index in [4.69, 9.17) is 9.47 Å². The predicted octanol–water partition coefficient (Wildman–Crippen LogP) is 2.44. The lowest BCUT2D eigenvalue weighted by Gasteiger charge is -2.13. The van der Waals surface area contributed by atoms with E-state index in [1.54, 1.807) is 20.1 Å². The number of hydrogen-bond donors (Lipinski definition) is 0. The van der Waals surface area contributed by atoms with Crippen LogP contribution in [0.3, 0.4) is 0 Å². The molecule has 0 radical (unpaired) electrons. The number of Topliss-reactive ketones (excluding diaryl/α,β-unsaturated/α-hetero) is 1. The molecule has 3 nitrogen and oxygen atoms in total. The van der Waals surface area contributed by atoms with E-state index in [1.165, 1.54) is 0 Å². The lowest BCUT2D eigenvalue weighted by Crippen LogP contribution is -2.22. The third kappa shape index (κ3) is 3.27. The fourth-order valence-corrected chi connectivity index (χ4v) is 1.23. The number of carbonyl (C=O) groups excluding carboxylic acids is 1. The van der Waals surface area contributed by atoms with Crippen LogP contribution in [0.4, 0.5) is 0 Å². The normalized spacial score (nSPS) is 11.9. The molecule has 0 saturated heterocycles. The van der Waals surface area contributed by atoms with Gasteiger partial charge in [0.1, 0.15) is 11.5 Å². The zero-order chi connectivity index (χ0) is 11.3. The first kappa shape index (κ1) is 11.6. The number of ketones is 1. The van der Waals surface area contributed by atoms with E-state index in [9.17, 15) is 4.79 Å². The highest BCUT2D eigenvalue weighted by Gasteiger charge is 2.12. The van der Waals surface area contributed by atoms with Gasteiger partial charge in [-0.15, -0.1) is 0 Å². The minimum Gasteiger partial charge on any atom is -0.497 e. The van der Waals surface area contributed by atoms with Crippen LogP contribution in [0.2, 0.25) is 0 Å². The molecule has 0 fully saturated rings. The van der Waals surface area contributed by atoms with Crippen LogP contribution in [0.5, 0.6) is 11.5 Å². The molecule has 1 aromatic rings. The quantitative estimate of drug-likeness (QED) is 0.745. The van der Waals surface area contributed by atoms with Crippen molar-refractivity contribution >= 4 is 5.78 Å². The van der Waals surface area contributed by atoms with Gasteiger partial charge in [-0.25, -0.2) is 0 Å². The molecule has 0 amide bonds. The molecule has 0 aliphatic heterocycles. The molecule has 1 unspecified atom stereocenters. The van der Waals surface area contributed by atoms with Gasteiger partial charge in [0.15, 0.2) is 11.9 Å². The molecule has 3 heteroatoms. The topological polar surface area (TPSA) is 35.5 Å². The minimum atomic E-state index is -0.401. The van der Waals surface area contributed by atoms with Crippen LogP contribution in [0.15, 0.2) is 24.3 Å². The molecule has 0 heterocycles. The van der Waals surface area contributed by atoms with Gasteiger partial charge < -0.3 is 9.47 Å². The monoisotopic (exact) mass is 208 g/mol. The van der Waals surface area contributed by atoms with Gasteiger partial charge in [-0.05, 0) is 19.1 Å². The van der Waals surface area contributed by atoms with Crippen LogP contribution < -0.4 is 9.47 Å². The molecule has 0 bridgehead atoms. The first-order valence-corrected chi connectivity index (χ1v) is 5.00. The Morgan fingerprint density at radius 3 is 2.67 bits per heavy atom. The van der Waals surface area contributed by atoms with Gasteiger partial charge in [0, 0.05) is 12.5 Å². The highest BCUT2D eigenvalue weighted by Crippen LogP contribution is 2.20. The molecule has 0 N–H and O–H groups in total.